The van der Waals surface area contributed by atoms with Crippen molar-refractivity contribution >= 4 is 33.5 Å². The van der Waals surface area contributed by atoms with Crippen LogP contribution in [0.4, 0.5) is 0 Å². The lowest BCUT2D eigenvalue weighted by Crippen LogP contribution is -2.02. The van der Waals surface area contributed by atoms with Gasteiger partial charge in [0.05, 0.1) is 5.02 Å². The zero-order valence-electron chi connectivity index (χ0n) is 11.6. The van der Waals surface area contributed by atoms with E-state index in [1.165, 1.54) is 6.07 Å². The number of benzene rings is 2. The molecule has 5 heteroatoms. The van der Waals surface area contributed by atoms with Crippen LogP contribution in [0.1, 0.15) is 35.7 Å². The van der Waals surface area contributed by atoms with Gasteiger partial charge in [0.15, 0.2) is 0 Å². The molecule has 0 atom stereocenters. The number of rotatable bonds is 4. The van der Waals surface area contributed by atoms with Gasteiger partial charge in [0.25, 0.3) is 0 Å². The van der Waals surface area contributed by atoms with Crippen molar-refractivity contribution in [2.75, 3.05) is 0 Å². The molecule has 3 nitrogen and oxygen atoms in total. The molecule has 2 aromatic rings. The summed E-state index contributed by atoms with van der Waals surface area (Å²) in [5, 5.41) is 9.43. The highest BCUT2D eigenvalue weighted by molar-refractivity contribution is 9.10. The van der Waals surface area contributed by atoms with Crippen LogP contribution in [0.15, 0.2) is 40.9 Å². The van der Waals surface area contributed by atoms with Crippen molar-refractivity contribution < 1.29 is 14.6 Å². The summed E-state index contributed by atoms with van der Waals surface area (Å²) in [5.41, 5.74) is 0.956. The highest BCUT2D eigenvalue weighted by Crippen LogP contribution is 2.35. The lowest BCUT2D eigenvalue weighted by molar-refractivity contribution is 0.0694. The maximum Gasteiger partial charge on any atom is 0.341 e. The Bertz CT molecular complexity index is 683. The van der Waals surface area contributed by atoms with E-state index in [1.54, 1.807) is 12.1 Å². The molecule has 0 saturated heterocycles. The molecule has 1 N–H and O–H groups in total. The van der Waals surface area contributed by atoms with Crippen molar-refractivity contribution in [3.63, 3.8) is 0 Å². The summed E-state index contributed by atoms with van der Waals surface area (Å²) < 4.78 is 6.76. The number of halogens is 2. The summed E-state index contributed by atoms with van der Waals surface area (Å²) in [4.78, 5) is 11.3. The number of carboxylic acids is 1. The van der Waals surface area contributed by atoms with E-state index in [1.807, 2.05) is 32.0 Å². The molecule has 0 aliphatic carbocycles. The van der Waals surface area contributed by atoms with Gasteiger partial charge in [-0.3, -0.25) is 0 Å². The molecule has 2 aromatic carbocycles. The number of hydrogen-bond donors (Lipinski definition) is 1. The summed E-state index contributed by atoms with van der Waals surface area (Å²) >= 11 is 9.38. The predicted octanol–water partition coefficient (Wildman–Crippen LogP) is 5.72. The number of ether oxygens (including phenoxy) is 1. The SMILES string of the molecule is CC(C)c1cc(Br)ccc1Oc1cccc(Cl)c1C(=O)O. The Morgan fingerprint density at radius 2 is 1.95 bits per heavy atom. The van der Waals surface area contributed by atoms with Crippen LogP contribution in [0.2, 0.25) is 5.02 Å². The first-order valence-electron chi connectivity index (χ1n) is 6.39. The molecule has 0 aliphatic rings. The second kappa shape index (κ2) is 6.50. The lowest BCUT2D eigenvalue weighted by Gasteiger charge is -2.16. The van der Waals surface area contributed by atoms with Crippen molar-refractivity contribution in [1.29, 1.82) is 0 Å². The molecule has 110 valence electrons. The fourth-order valence-corrected chi connectivity index (χ4v) is 2.60. The van der Waals surface area contributed by atoms with Gasteiger partial charge in [-0.2, -0.15) is 0 Å². The maximum atomic E-state index is 11.3. The molecule has 0 aliphatic heterocycles. The summed E-state index contributed by atoms with van der Waals surface area (Å²) in [6.45, 7) is 4.09. The van der Waals surface area contributed by atoms with E-state index >= 15 is 0 Å². The summed E-state index contributed by atoms with van der Waals surface area (Å²) in [7, 11) is 0. The van der Waals surface area contributed by atoms with Crippen molar-refractivity contribution in [3.8, 4) is 11.5 Å². The fraction of sp³-hybridized carbons (Fsp3) is 0.188. The standard InChI is InChI=1S/C16H14BrClO3/c1-9(2)11-8-10(17)6-7-13(11)21-14-5-3-4-12(18)15(14)16(19)20/h3-9H,1-2H3,(H,19,20). The molecule has 0 amide bonds. The topological polar surface area (TPSA) is 46.5 Å². The molecule has 0 aromatic heterocycles. The molecular weight excluding hydrogens is 356 g/mol. The lowest BCUT2D eigenvalue weighted by atomic mass is 10.0. The summed E-state index contributed by atoms with van der Waals surface area (Å²) in [6.07, 6.45) is 0. The fourth-order valence-electron chi connectivity index (χ4n) is 1.98. The first-order chi connectivity index (χ1) is 9.90. The van der Waals surface area contributed by atoms with Crippen molar-refractivity contribution in [2.45, 2.75) is 19.8 Å². The average Bonchev–Trinajstić information content (AvgIpc) is 2.40. The van der Waals surface area contributed by atoms with Gasteiger partial charge in [-0.15, -0.1) is 0 Å². The molecule has 0 spiro atoms. The molecule has 0 heterocycles. The van der Waals surface area contributed by atoms with E-state index in [0.717, 1.165) is 10.0 Å². The Morgan fingerprint density at radius 3 is 2.57 bits per heavy atom. The molecule has 2 rings (SSSR count). The zero-order valence-corrected chi connectivity index (χ0v) is 13.9. The van der Waals surface area contributed by atoms with Gasteiger partial charge in [-0.1, -0.05) is 47.4 Å². The van der Waals surface area contributed by atoms with E-state index in [0.29, 0.717) is 5.75 Å². The highest BCUT2D eigenvalue weighted by atomic mass is 79.9. The van der Waals surface area contributed by atoms with Gasteiger partial charge < -0.3 is 9.84 Å². The van der Waals surface area contributed by atoms with Crippen LogP contribution < -0.4 is 4.74 Å². The van der Waals surface area contributed by atoms with Gasteiger partial charge in [0.1, 0.15) is 17.1 Å². The van der Waals surface area contributed by atoms with E-state index in [-0.39, 0.29) is 22.3 Å². The van der Waals surface area contributed by atoms with E-state index < -0.39 is 5.97 Å². The van der Waals surface area contributed by atoms with Gasteiger partial charge in [0, 0.05) is 4.47 Å². The summed E-state index contributed by atoms with van der Waals surface area (Å²) in [5.74, 6) is -0.0130. The van der Waals surface area contributed by atoms with E-state index in [9.17, 15) is 9.90 Å². The van der Waals surface area contributed by atoms with Crippen LogP contribution in [0, 0.1) is 0 Å². The first kappa shape index (κ1) is 15.9. The third-order valence-electron chi connectivity index (χ3n) is 3.00. The number of aromatic carboxylic acids is 1. The Kier molecular flexibility index (Phi) is 4.91. The van der Waals surface area contributed by atoms with Crippen LogP contribution in [0.5, 0.6) is 11.5 Å². The third kappa shape index (κ3) is 3.57. The van der Waals surface area contributed by atoms with Crippen molar-refractivity contribution in [3.05, 3.63) is 57.0 Å². The monoisotopic (exact) mass is 368 g/mol. The van der Waals surface area contributed by atoms with Crippen molar-refractivity contribution in [2.24, 2.45) is 0 Å². The second-order valence-corrected chi connectivity index (χ2v) is 6.18. The number of hydrogen-bond acceptors (Lipinski definition) is 2. The smallest absolute Gasteiger partial charge is 0.341 e. The third-order valence-corrected chi connectivity index (χ3v) is 3.81. The largest absolute Gasteiger partial charge is 0.478 e. The van der Waals surface area contributed by atoms with Crippen LogP contribution in [0.3, 0.4) is 0 Å². The minimum atomic E-state index is -1.11. The normalized spacial score (nSPS) is 10.7. The maximum absolute atomic E-state index is 11.3. The summed E-state index contributed by atoms with van der Waals surface area (Å²) in [6, 6.07) is 10.4. The number of carboxylic acid groups (broad SMARTS) is 1. The second-order valence-electron chi connectivity index (χ2n) is 4.86. The Morgan fingerprint density at radius 1 is 1.24 bits per heavy atom. The molecule has 21 heavy (non-hydrogen) atoms. The van der Waals surface area contributed by atoms with E-state index in [2.05, 4.69) is 15.9 Å². The van der Waals surface area contributed by atoms with Crippen LogP contribution in [-0.2, 0) is 0 Å². The number of carbonyl (C=O) groups is 1. The van der Waals surface area contributed by atoms with Gasteiger partial charge in [0.2, 0.25) is 0 Å². The quantitative estimate of drug-likeness (QED) is 0.750. The molecule has 0 radical (unpaired) electrons. The Labute approximate surface area is 136 Å². The minimum Gasteiger partial charge on any atom is -0.478 e. The van der Waals surface area contributed by atoms with Crippen LogP contribution >= 0.6 is 27.5 Å². The van der Waals surface area contributed by atoms with Crippen LogP contribution in [-0.4, -0.2) is 11.1 Å². The highest BCUT2D eigenvalue weighted by Gasteiger charge is 2.18. The predicted molar refractivity (Wildman–Crippen MR) is 86.7 cm³/mol. The van der Waals surface area contributed by atoms with Crippen LogP contribution in [0.25, 0.3) is 0 Å². The van der Waals surface area contributed by atoms with Crippen molar-refractivity contribution in [1.82, 2.24) is 0 Å². The minimum absolute atomic E-state index is 0.0307. The zero-order chi connectivity index (χ0) is 15.6. The van der Waals surface area contributed by atoms with E-state index in [4.69, 9.17) is 16.3 Å². The average molecular weight is 370 g/mol. The molecule has 0 unspecified atom stereocenters. The molecule has 0 fully saturated rings. The molecule has 0 bridgehead atoms. The molecular formula is C16H14BrClO3. The van der Waals surface area contributed by atoms with Gasteiger partial charge >= 0.3 is 5.97 Å². The molecule has 0 saturated carbocycles. The Hall–Kier alpha value is -1.52. The Balaban J connectivity index is 2.49. The van der Waals surface area contributed by atoms with Gasteiger partial charge in [-0.05, 0) is 41.8 Å². The van der Waals surface area contributed by atoms with Gasteiger partial charge in [-0.25, -0.2) is 4.79 Å². The first-order valence-corrected chi connectivity index (χ1v) is 7.56.